The Morgan fingerprint density at radius 3 is 2.67 bits per heavy atom. The van der Waals surface area contributed by atoms with Crippen molar-refractivity contribution in [3.63, 3.8) is 0 Å². The monoisotopic (exact) mass is 265 g/mol. The number of urea groups is 1. The van der Waals surface area contributed by atoms with Gasteiger partial charge in [-0.15, -0.1) is 0 Å². The van der Waals surface area contributed by atoms with Crippen LogP contribution in [0.3, 0.4) is 0 Å². The second kappa shape index (κ2) is 6.35. The van der Waals surface area contributed by atoms with Gasteiger partial charge in [0, 0.05) is 11.7 Å². The lowest BCUT2D eigenvalue weighted by molar-refractivity contribution is 0.206. The van der Waals surface area contributed by atoms with Gasteiger partial charge in [0.1, 0.15) is 0 Å². The van der Waals surface area contributed by atoms with Gasteiger partial charge in [-0.25, -0.2) is 4.79 Å². The smallest absolute Gasteiger partial charge is 0.322 e. The molecule has 5 heteroatoms. The number of anilines is 1. The number of aryl methyl sites for hydroxylation is 1. The molecule has 0 aromatic heterocycles. The number of carbonyl (C=O) groups is 1. The summed E-state index contributed by atoms with van der Waals surface area (Å²) in [7, 11) is 0. The number of nitrogens with zero attached hydrogens (tertiary/aromatic N) is 1. The average Bonchev–Trinajstić information content (AvgIpc) is 2.25. The molecule has 98 valence electrons. The van der Waals surface area contributed by atoms with Crippen LogP contribution in [0.5, 0.6) is 0 Å². The van der Waals surface area contributed by atoms with E-state index in [4.69, 9.17) is 18.0 Å². The Kier molecular flexibility index (Phi) is 5.09. The Balaban J connectivity index is 2.75. The molecule has 18 heavy (non-hydrogen) atoms. The van der Waals surface area contributed by atoms with E-state index in [0.29, 0.717) is 4.99 Å². The van der Waals surface area contributed by atoms with Crippen LogP contribution in [0.25, 0.3) is 0 Å². The number of amides is 2. The van der Waals surface area contributed by atoms with Crippen molar-refractivity contribution in [1.82, 2.24) is 4.90 Å². The van der Waals surface area contributed by atoms with Gasteiger partial charge in [0.2, 0.25) is 0 Å². The number of thiocarbonyl (C=S) groups is 1. The Labute approximate surface area is 113 Å². The molecule has 0 atom stereocenters. The summed E-state index contributed by atoms with van der Waals surface area (Å²) in [6.45, 7) is 6.11. The van der Waals surface area contributed by atoms with E-state index < -0.39 is 0 Å². The summed E-state index contributed by atoms with van der Waals surface area (Å²) in [4.78, 5) is 14.0. The lowest BCUT2D eigenvalue weighted by Crippen LogP contribution is -2.44. The Hall–Kier alpha value is -1.62. The Morgan fingerprint density at radius 2 is 2.17 bits per heavy atom. The van der Waals surface area contributed by atoms with Crippen LogP contribution in [0.4, 0.5) is 10.5 Å². The van der Waals surface area contributed by atoms with Crippen molar-refractivity contribution in [2.75, 3.05) is 11.9 Å². The standard InChI is InChI=1S/C13H19N3OS/c1-9(2)16(8-12(14)18)13(17)15-11-6-4-5-10(3)7-11/h4-7,9H,8H2,1-3H3,(H2,14,18)(H,15,17). The molecule has 2 amide bonds. The minimum atomic E-state index is -0.191. The molecule has 0 saturated carbocycles. The molecule has 1 aromatic carbocycles. The van der Waals surface area contributed by atoms with Crippen molar-refractivity contribution in [2.24, 2.45) is 5.73 Å². The van der Waals surface area contributed by atoms with Gasteiger partial charge < -0.3 is 16.0 Å². The maximum absolute atomic E-state index is 12.1. The van der Waals surface area contributed by atoms with Crippen molar-refractivity contribution in [3.8, 4) is 0 Å². The zero-order valence-corrected chi connectivity index (χ0v) is 11.8. The topological polar surface area (TPSA) is 58.4 Å². The zero-order chi connectivity index (χ0) is 13.7. The van der Waals surface area contributed by atoms with Crippen molar-refractivity contribution < 1.29 is 4.79 Å². The van der Waals surface area contributed by atoms with Crippen molar-refractivity contribution >= 4 is 28.9 Å². The summed E-state index contributed by atoms with van der Waals surface area (Å²) < 4.78 is 0. The molecular weight excluding hydrogens is 246 g/mol. The number of hydrogen-bond acceptors (Lipinski definition) is 2. The van der Waals surface area contributed by atoms with Crippen LogP contribution in [-0.4, -0.2) is 28.5 Å². The molecule has 3 N–H and O–H groups in total. The van der Waals surface area contributed by atoms with Crippen LogP contribution in [0.15, 0.2) is 24.3 Å². The number of rotatable bonds is 4. The number of nitrogens with one attached hydrogen (secondary N) is 1. The van der Waals surface area contributed by atoms with Crippen molar-refractivity contribution in [3.05, 3.63) is 29.8 Å². The highest BCUT2D eigenvalue weighted by Crippen LogP contribution is 2.11. The van der Waals surface area contributed by atoms with Crippen LogP contribution in [0, 0.1) is 6.92 Å². The predicted octanol–water partition coefficient (Wildman–Crippen LogP) is 2.52. The molecule has 0 unspecified atom stereocenters. The first-order valence-corrected chi connectivity index (χ1v) is 6.23. The summed E-state index contributed by atoms with van der Waals surface area (Å²) in [6, 6.07) is 7.49. The molecule has 0 saturated heterocycles. The predicted molar refractivity (Wildman–Crippen MR) is 78.8 cm³/mol. The summed E-state index contributed by atoms with van der Waals surface area (Å²) in [5, 5.41) is 2.84. The summed E-state index contributed by atoms with van der Waals surface area (Å²) >= 11 is 4.85. The number of nitrogens with two attached hydrogens (primary N) is 1. The fourth-order valence-electron chi connectivity index (χ4n) is 1.57. The summed E-state index contributed by atoms with van der Waals surface area (Å²) in [6.07, 6.45) is 0. The lowest BCUT2D eigenvalue weighted by atomic mass is 10.2. The molecule has 0 radical (unpaired) electrons. The third-order valence-corrected chi connectivity index (χ3v) is 2.61. The van der Waals surface area contributed by atoms with Gasteiger partial charge in [0.05, 0.1) is 11.5 Å². The van der Waals surface area contributed by atoms with Crippen LogP contribution in [0.2, 0.25) is 0 Å². The van der Waals surface area contributed by atoms with E-state index in [1.165, 1.54) is 0 Å². The van der Waals surface area contributed by atoms with Gasteiger partial charge in [-0.2, -0.15) is 0 Å². The van der Waals surface area contributed by atoms with E-state index in [1.54, 1.807) is 4.90 Å². The fourth-order valence-corrected chi connectivity index (χ4v) is 1.71. The molecule has 0 heterocycles. The molecule has 0 aliphatic heterocycles. The highest BCUT2D eigenvalue weighted by molar-refractivity contribution is 7.80. The first-order valence-electron chi connectivity index (χ1n) is 5.82. The highest BCUT2D eigenvalue weighted by atomic mass is 32.1. The molecule has 0 aliphatic carbocycles. The van der Waals surface area contributed by atoms with E-state index in [2.05, 4.69) is 5.32 Å². The molecule has 1 rings (SSSR count). The minimum absolute atomic E-state index is 0.0382. The van der Waals surface area contributed by atoms with Crippen LogP contribution >= 0.6 is 12.2 Å². The first-order chi connectivity index (χ1) is 8.40. The molecular formula is C13H19N3OS. The van der Waals surface area contributed by atoms with Gasteiger partial charge in [-0.05, 0) is 38.5 Å². The van der Waals surface area contributed by atoms with Crippen molar-refractivity contribution in [1.29, 1.82) is 0 Å². The SMILES string of the molecule is Cc1cccc(NC(=O)N(CC(N)=S)C(C)C)c1. The third kappa shape index (κ3) is 4.33. The molecule has 1 aromatic rings. The normalized spacial score (nSPS) is 10.2. The average molecular weight is 265 g/mol. The van der Waals surface area contributed by atoms with E-state index in [9.17, 15) is 4.79 Å². The van der Waals surface area contributed by atoms with E-state index >= 15 is 0 Å². The molecule has 4 nitrogen and oxygen atoms in total. The van der Waals surface area contributed by atoms with Gasteiger partial charge in [0.25, 0.3) is 0 Å². The van der Waals surface area contributed by atoms with E-state index in [0.717, 1.165) is 11.3 Å². The van der Waals surface area contributed by atoms with E-state index in [1.807, 2.05) is 45.0 Å². The third-order valence-electron chi connectivity index (χ3n) is 2.48. The molecule has 0 aliphatic rings. The van der Waals surface area contributed by atoms with Crippen molar-refractivity contribution in [2.45, 2.75) is 26.8 Å². The highest BCUT2D eigenvalue weighted by Gasteiger charge is 2.17. The Bertz CT molecular complexity index is 446. The number of carbonyl (C=O) groups excluding carboxylic acids is 1. The van der Waals surface area contributed by atoms with Gasteiger partial charge >= 0.3 is 6.03 Å². The molecule has 0 spiro atoms. The maximum Gasteiger partial charge on any atom is 0.322 e. The van der Waals surface area contributed by atoms with E-state index in [-0.39, 0.29) is 18.6 Å². The van der Waals surface area contributed by atoms with Gasteiger partial charge in [-0.1, -0.05) is 24.4 Å². The zero-order valence-electron chi connectivity index (χ0n) is 10.9. The summed E-state index contributed by atoms with van der Waals surface area (Å²) in [5.74, 6) is 0. The quantitative estimate of drug-likeness (QED) is 0.822. The lowest BCUT2D eigenvalue weighted by Gasteiger charge is -2.26. The number of hydrogen-bond donors (Lipinski definition) is 2. The first kappa shape index (κ1) is 14.4. The summed E-state index contributed by atoms with van der Waals surface area (Å²) in [5.41, 5.74) is 7.36. The minimum Gasteiger partial charge on any atom is -0.392 e. The Morgan fingerprint density at radius 1 is 1.50 bits per heavy atom. The second-order valence-corrected chi connectivity index (χ2v) is 5.01. The van der Waals surface area contributed by atoms with Gasteiger partial charge in [-0.3, -0.25) is 0 Å². The number of benzene rings is 1. The maximum atomic E-state index is 12.1. The largest absolute Gasteiger partial charge is 0.392 e. The van der Waals surface area contributed by atoms with Crippen LogP contribution < -0.4 is 11.1 Å². The van der Waals surface area contributed by atoms with Crippen LogP contribution in [-0.2, 0) is 0 Å². The molecule has 0 fully saturated rings. The van der Waals surface area contributed by atoms with Crippen LogP contribution in [0.1, 0.15) is 19.4 Å². The second-order valence-electron chi connectivity index (χ2n) is 4.49. The van der Waals surface area contributed by atoms with Gasteiger partial charge in [0.15, 0.2) is 0 Å². The molecule has 0 bridgehead atoms. The fraction of sp³-hybridized carbons (Fsp3) is 0.385.